The second-order valence-corrected chi connectivity index (χ2v) is 15.7. The molecule has 4 heterocycles. The molecule has 270 valence electrons. The zero-order valence-electron chi connectivity index (χ0n) is 31.0. The maximum Gasteiger partial charge on any atom is 0.238 e. The molecule has 0 aliphatic heterocycles. The Morgan fingerprint density at radius 2 is 0.931 bits per heavy atom. The molecule has 0 N–H and O–H groups in total. The van der Waals surface area contributed by atoms with E-state index in [1.807, 2.05) is 29.5 Å². The Bertz CT molecular complexity index is 3520. The molecule has 58 heavy (non-hydrogen) atoms. The lowest BCUT2D eigenvalue weighted by Crippen LogP contribution is -2.06. The molecule has 0 fully saturated rings. The Morgan fingerprint density at radius 3 is 1.69 bits per heavy atom. The van der Waals surface area contributed by atoms with Crippen LogP contribution in [0.25, 0.3) is 115 Å². The lowest BCUT2D eigenvalue weighted by atomic mass is 9.95. The average molecular weight is 758 g/mol. The fourth-order valence-corrected chi connectivity index (χ4v) is 9.68. The molecule has 6 heteroatoms. The second kappa shape index (κ2) is 13.0. The van der Waals surface area contributed by atoms with Crippen molar-refractivity contribution in [2.75, 3.05) is 0 Å². The molecule has 4 aromatic heterocycles. The Morgan fingerprint density at radius 1 is 0.345 bits per heavy atom. The molecule has 0 saturated carbocycles. The van der Waals surface area contributed by atoms with Gasteiger partial charge in [-0.2, -0.15) is 9.97 Å². The van der Waals surface area contributed by atoms with Gasteiger partial charge in [-0.1, -0.05) is 146 Å². The number of hydrogen-bond donors (Lipinski definition) is 0. The maximum absolute atomic E-state index is 5.22. The van der Waals surface area contributed by atoms with Crippen molar-refractivity contribution >= 4 is 75.0 Å². The van der Waals surface area contributed by atoms with E-state index < -0.39 is 0 Å². The van der Waals surface area contributed by atoms with Crippen molar-refractivity contribution in [1.82, 2.24) is 24.5 Å². The summed E-state index contributed by atoms with van der Waals surface area (Å²) in [5.41, 5.74) is 9.31. The van der Waals surface area contributed by atoms with Crippen LogP contribution < -0.4 is 0 Å². The van der Waals surface area contributed by atoms with Crippen LogP contribution in [-0.4, -0.2) is 24.5 Å². The molecule has 8 aromatic carbocycles. The molecule has 0 bridgehead atoms. The SMILES string of the molecule is c1ccc(-c2nc(-c3cccc(-c4ccc5sc6ccc7c(-c8ccccc8)nc8ccccc8c7c6c5c4)c3)nc(-n3c4ccccc4c4ccccc43)n2)cc1. The first kappa shape index (κ1) is 32.7. The van der Waals surface area contributed by atoms with E-state index in [0.29, 0.717) is 17.6 Å². The summed E-state index contributed by atoms with van der Waals surface area (Å²) in [4.78, 5) is 20.7. The van der Waals surface area contributed by atoms with Gasteiger partial charge < -0.3 is 0 Å². The normalized spacial score (nSPS) is 11.8. The summed E-state index contributed by atoms with van der Waals surface area (Å²) >= 11 is 1.84. The highest BCUT2D eigenvalue weighted by atomic mass is 32.1. The number of thiophene rings is 1. The molecule has 0 atom stereocenters. The third-order valence-electron chi connectivity index (χ3n) is 11.2. The lowest BCUT2D eigenvalue weighted by molar-refractivity contribution is 0.953. The average Bonchev–Trinajstić information content (AvgIpc) is 3.85. The van der Waals surface area contributed by atoms with Crippen molar-refractivity contribution in [3.05, 3.63) is 188 Å². The lowest BCUT2D eigenvalue weighted by Gasteiger charge is -2.12. The van der Waals surface area contributed by atoms with Crippen LogP contribution in [0.1, 0.15) is 0 Å². The molecule has 0 saturated heterocycles. The first-order valence-corrected chi connectivity index (χ1v) is 20.2. The maximum atomic E-state index is 5.22. The zero-order valence-corrected chi connectivity index (χ0v) is 31.9. The molecular weight excluding hydrogens is 727 g/mol. The highest BCUT2D eigenvalue weighted by Crippen LogP contribution is 2.44. The van der Waals surface area contributed by atoms with Gasteiger partial charge in [0, 0.05) is 63.8 Å². The predicted molar refractivity (Wildman–Crippen MR) is 242 cm³/mol. The summed E-state index contributed by atoms with van der Waals surface area (Å²) in [7, 11) is 0. The van der Waals surface area contributed by atoms with Gasteiger partial charge in [0.15, 0.2) is 11.6 Å². The van der Waals surface area contributed by atoms with Gasteiger partial charge in [0.05, 0.1) is 22.2 Å². The summed E-state index contributed by atoms with van der Waals surface area (Å²) in [6.07, 6.45) is 0. The quantitative estimate of drug-likeness (QED) is 0.164. The largest absolute Gasteiger partial charge is 0.278 e. The molecule has 0 aliphatic carbocycles. The standard InChI is InChI=1S/C52H31N5S/c1-3-14-32(15-4-1)49-40-27-29-46-48(47(40)39-22-7-10-23-42(39)53-49)41-31-35(26-28-45(41)58-46)34-18-13-19-36(30-34)51-54-50(33-16-5-2-6-17-33)55-52(56-51)57-43-24-11-8-20-37(43)38-21-9-12-25-44(38)57/h1-31H. The summed E-state index contributed by atoms with van der Waals surface area (Å²) in [5.74, 6) is 1.83. The summed E-state index contributed by atoms with van der Waals surface area (Å²) in [5, 5.41) is 8.40. The van der Waals surface area contributed by atoms with Crippen molar-refractivity contribution in [1.29, 1.82) is 0 Å². The number of fused-ring (bicyclic) bond motifs is 10. The minimum absolute atomic E-state index is 0.585. The second-order valence-electron chi connectivity index (χ2n) is 14.6. The van der Waals surface area contributed by atoms with Crippen LogP contribution in [0.4, 0.5) is 0 Å². The summed E-state index contributed by atoms with van der Waals surface area (Å²) < 4.78 is 4.68. The van der Waals surface area contributed by atoms with Crippen LogP contribution in [-0.2, 0) is 0 Å². The molecule has 0 radical (unpaired) electrons. The van der Waals surface area contributed by atoms with Gasteiger partial charge in [-0.25, -0.2) is 9.97 Å². The van der Waals surface area contributed by atoms with Crippen molar-refractivity contribution in [3.63, 3.8) is 0 Å². The predicted octanol–water partition coefficient (Wildman–Crippen LogP) is 13.7. The van der Waals surface area contributed by atoms with Crippen LogP contribution in [0, 0.1) is 0 Å². The first-order valence-electron chi connectivity index (χ1n) is 19.4. The molecule has 12 rings (SSSR count). The van der Waals surface area contributed by atoms with Crippen LogP contribution in [0.15, 0.2) is 188 Å². The molecular formula is C52H31N5S. The fraction of sp³-hybridized carbons (Fsp3) is 0. The van der Waals surface area contributed by atoms with E-state index in [4.69, 9.17) is 19.9 Å². The zero-order chi connectivity index (χ0) is 38.2. The third kappa shape index (κ3) is 5.16. The minimum Gasteiger partial charge on any atom is -0.278 e. The summed E-state index contributed by atoms with van der Waals surface area (Å²) in [6.45, 7) is 0. The van der Waals surface area contributed by atoms with Gasteiger partial charge in [0.25, 0.3) is 0 Å². The Balaban J connectivity index is 1.05. The molecule has 0 unspecified atom stereocenters. The number of nitrogens with zero attached hydrogens (tertiary/aromatic N) is 5. The van der Waals surface area contributed by atoms with Gasteiger partial charge in [-0.05, 0) is 53.6 Å². The number of aromatic nitrogens is 5. The summed E-state index contributed by atoms with van der Waals surface area (Å²) in [6, 6.07) is 66.1. The van der Waals surface area contributed by atoms with E-state index in [0.717, 1.165) is 71.6 Å². The number of benzene rings is 8. The van der Waals surface area contributed by atoms with E-state index in [2.05, 4.69) is 174 Å². The minimum atomic E-state index is 0.585. The van der Waals surface area contributed by atoms with E-state index in [-0.39, 0.29) is 0 Å². The fourth-order valence-electron chi connectivity index (χ4n) is 8.59. The van der Waals surface area contributed by atoms with Crippen LogP contribution >= 0.6 is 11.3 Å². The number of para-hydroxylation sites is 3. The van der Waals surface area contributed by atoms with Gasteiger partial charge >= 0.3 is 0 Å². The Kier molecular flexibility index (Phi) is 7.33. The number of rotatable bonds is 5. The Labute approximate surface area is 337 Å². The smallest absolute Gasteiger partial charge is 0.238 e. The van der Waals surface area contributed by atoms with Crippen molar-refractivity contribution in [2.45, 2.75) is 0 Å². The third-order valence-corrected chi connectivity index (χ3v) is 12.4. The van der Waals surface area contributed by atoms with E-state index in [1.165, 1.54) is 25.6 Å². The number of hydrogen-bond acceptors (Lipinski definition) is 5. The van der Waals surface area contributed by atoms with Crippen molar-refractivity contribution < 1.29 is 0 Å². The van der Waals surface area contributed by atoms with Crippen LogP contribution in [0.3, 0.4) is 0 Å². The Hall–Kier alpha value is -7.54. The number of pyridine rings is 1. The highest BCUT2D eigenvalue weighted by Gasteiger charge is 2.19. The van der Waals surface area contributed by atoms with Gasteiger partial charge in [-0.3, -0.25) is 4.57 Å². The molecule has 0 amide bonds. The van der Waals surface area contributed by atoms with Crippen molar-refractivity contribution in [2.24, 2.45) is 0 Å². The molecule has 0 aliphatic rings. The van der Waals surface area contributed by atoms with Gasteiger partial charge in [0.2, 0.25) is 5.95 Å². The molecule has 5 nitrogen and oxygen atoms in total. The van der Waals surface area contributed by atoms with E-state index in [1.54, 1.807) is 0 Å². The topological polar surface area (TPSA) is 56.5 Å². The van der Waals surface area contributed by atoms with Crippen LogP contribution in [0.2, 0.25) is 0 Å². The van der Waals surface area contributed by atoms with Crippen LogP contribution in [0.5, 0.6) is 0 Å². The molecule has 0 spiro atoms. The highest BCUT2D eigenvalue weighted by molar-refractivity contribution is 7.26. The van der Waals surface area contributed by atoms with Crippen molar-refractivity contribution in [3.8, 4) is 51.1 Å². The van der Waals surface area contributed by atoms with Gasteiger partial charge in [0.1, 0.15) is 0 Å². The molecule has 12 aromatic rings. The van der Waals surface area contributed by atoms with Gasteiger partial charge in [-0.15, -0.1) is 11.3 Å². The van der Waals surface area contributed by atoms with E-state index >= 15 is 0 Å². The first-order chi connectivity index (χ1) is 28.7. The monoisotopic (exact) mass is 757 g/mol. The van der Waals surface area contributed by atoms with E-state index in [9.17, 15) is 0 Å².